The molecule has 3 N–H and O–H groups in total. The van der Waals surface area contributed by atoms with Gasteiger partial charge in [-0.3, -0.25) is 4.79 Å². The molecule has 1 rings (SSSR count). The van der Waals surface area contributed by atoms with E-state index in [-0.39, 0.29) is 5.91 Å². The molecule has 3 nitrogen and oxygen atoms in total. The van der Waals surface area contributed by atoms with Crippen molar-refractivity contribution < 1.29 is 4.79 Å². The molecule has 3 heteroatoms. The molecule has 1 aliphatic carbocycles. The van der Waals surface area contributed by atoms with Crippen LogP contribution in [0.3, 0.4) is 0 Å². The van der Waals surface area contributed by atoms with E-state index in [9.17, 15) is 4.79 Å². The number of amides is 1. The highest BCUT2D eigenvalue weighted by Crippen LogP contribution is 2.27. The molecule has 0 aliphatic heterocycles. The fourth-order valence-electron chi connectivity index (χ4n) is 3.31. The summed E-state index contributed by atoms with van der Waals surface area (Å²) in [6, 6.07) is 0.356. The van der Waals surface area contributed by atoms with Gasteiger partial charge in [-0.15, -0.1) is 0 Å². The topological polar surface area (TPSA) is 55.1 Å². The molecule has 0 bridgehead atoms. The second-order valence-corrected chi connectivity index (χ2v) is 6.17. The van der Waals surface area contributed by atoms with Crippen LogP contribution in [0.15, 0.2) is 0 Å². The van der Waals surface area contributed by atoms with E-state index in [4.69, 9.17) is 5.73 Å². The number of rotatable bonds is 9. The number of carbonyl (C=O) groups is 1. The van der Waals surface area contributed by atoms with Crippen LogP contribution in [0.5, 0.6) is 0 Å². The van der Waals surface area contributed by atoms with E-state index in [1.54, 1.807) is 0 Å². The molecular formula is C16H32N2O. The van der Waals surface area contributed by atoms with Gasteiger partial charge in [-0.2, -0.15) is 0 Å². The molecule has 0 aromatic carbocycles. The summed E-state index contributed by atoms with van der Waals surface area (Å²) in [7, 11) is 0. The number of nitrogens with one attached hydrogen (secondary N) is 1. The van der Waals surface area contributed by atoms with Crippen molar-refractivity contribution in [1.29, 1.82) is 0 Å². The summed E-state index contributed by atoms with van der Waals surface area (Å²) in [6.45, 7) is 5.10. The molecule has 1 fully saturated rings. The fraction of sp³-hybridized carbons (Fsp3) is 0.938. The lowest BCUT2D eigenvalue weighted by Crippen LogP contribution is -2.37. The summed E-state index contributed by atoms with van der Waals surface area (Å²) in [5.41, 5.74) is 5.63. The first kappa shape index (κ1) is 16.5. The minimum absolute atomic E-state index is 0.234. The van der Waals surface area contributed by atoms with Crippen LogP contribution in [0.2, 0.25) is 0 Å². The van der Waals surface area contributed by atoms with Gasteiger partial charge in [0.25, 0.3) is 0 Å². The highest BCUT2D eigenvalue weighted by molar-refractivity contribution is 5.76. The van der Waals surface area contributed by atoms with Gasteiger partial charge in [0.2, 0.25) is 5.91 Å². The summed E-state index contributed by atoms with van der Waals surface area (Å²) in [4.78, 5) is 12.0. The van der Waals surface area contributed by atoms with Gasteiger partial charge < -0.3 is 11.1 Å². The van der Waals surface area contributed by atoms with Gasteiger partial charge in [-0.1, -0.05) is 32.6 Å². The van der Waals surface area contributed by atoms with Gasteiger partial charge >= 0.3 is 0 Å². The second kappa shape index (κ2) is 9.35. The molecule has 2 atom stereocenters. The molecule has 19 heavy (non-hydrogen) atoms. The summed E-state index contributed by atoms with van der Waals surface area (Å²) >= 11 is 0. The maximum absolute atomic E-state index is 12.0. The molecule has 1 saturated carbocycles. The van der Waals surface area contributed by atoms with Crippen molar-refractivity contribution >= 4 is 5.91 Å². The smallest absolute Gasteiger partial charge is 0.220 e. The lowest BCUT2D eigenvalue weighted by molar-refractivity contribution is -0.122. The van der Waals surface area contributed by atoms with Crippen LogP contribution in [-0.4, -0.2) is 18.5 Å². The Labute approximate surface area is 118 Å². The molecule has 0 heterocycles. The third-order valence-electron chi connectivity index (χ3n) is 4.55. The highest BCUT2D eigenvalue weighted by Gasteiger charge is 2.22. The molecule has 0 radical (unpaired) electrons. The summed E-state index contributed by atoms with van der Waals surface area (Å²) in [6.07, 6.45) is 10.3. The molecule has 0 saturated heterocycles. The Kier molecular flexibility index (Phi) is 8.11. The van der Waals surface area contributed by atoms with E-state index in [1.807, 2.05) is 0 Å². The monoisotopic (exact) mass is 268 g/mol. The Morgan fingerprint density at radius 3 is 2.53 bits per heavy atom. The zero-order valence-electron chi connectivity index (χ0n) is 12.8. The Morgan fingerprint density at radius 2 is 1.95 bits per heavy atom. The summed E-state index contributed by atoms with van der Waals surface area (Å²) in [5, 5.41) is 3.19. The number of hydrogen-bond acceptors (Lipinski definition) is 2. The van der Waals surface area contributed by atoms with Crippen LogP contribution in [0.1, 0.15) is 71.6 Å². The van der Waals surface area contributed by atoms with Crippen molar-refractivity contribution in [3.05, 3.63) is 0 Å². The van der Waals surface area contributed by atoms with Crippen LogP contribution in [-0.2, 0) is 4.79 Å². The highest BCUT2D eigenvalue weighted by atomic mass is 16.1. The molecule has 1 aliphatic rings. The standard InChI is InChI=1S/C16H32N2O/c1-3-6-14(11-12-17)9-10-16(19)18-13(2)15-7-4-5-8-15/h13-15H,3-12,17H2,1-2H3,(H,18,19)/t13-,14?/m0/s1. The maximum atomic E-state index is 12.0. The SMILES string of the molecule is CCCC(CCN)CCC(=O)N[C@@H](C)C1CCCC1. The van der Waals surface area contributed by atoms with Crippen molar-refractivity contribution in [1.82, 2.24) is 5.32 Å². The predicted molar refractivity (Wildman–Crippen MR) is 80.9 cm³/mol. The van der Waals surface area contributed by atoms with Crippen LogP contribution >= 0.6 is 0 Å². The lowest BCUT2D eigenvalue weighted by atomic mass is 9.94. The molecule has 112 valence electrons. The molecule has 0 aromatic rings. The first-order valence-corrected chi connectivity index (χ1v) is 8.16. The fourth-order valence-corrected chi connectivity index (χ4v) is 3.31. The largest absolute Gasteiger partial charge is 0.353 e. The van der Waals surface area contributed by atoms with Crippen LogP contribution in [0.4, 0.5) is 0 Å². The van der Waals surface area contributed by atoms with Crippen LogP contribution < -0.4 is 11.1 Å². The first-order valence-electron chi connectivity index (χ1n) is 8.16. The Morgan fingerprint density at radius 1 is 1.26 bits per heavy atom. The Bertz CT molecular complexity index is 243. The van der Waals surface area contributed by atoms with Gasteiger partial charge in [0.1, 0.15) is 0 Å². The zero-order valence-corrected chi connectivity index (χ0v) is 12.8. The van der Waals surface area contributed by atoms with Crippen molar-refractivity contribution in [3.8, 4) is 0 Å². The van der Waals surface area contributed by atoms with Gasteiger partial charge in [0.15, 0.2) is 0 Å². The van der Waals surface area contributed by atoms with Crippen molar-refractivity contribution in [3.63, 3.8) is 0 Å². The average molecular weight is 268 g/mol. The first-order chi connectivity index (χ1) is 9.17. The maximum Gasteiger partial charge on any atom is 0.220 e. The zero-order chi connectivity index (χ0) is 14.1. The van der Waals surface area contributed by atoms with Gasteiger partial charge in [0.05, 0.1) is 0 Å². The van der Waals surface area contributed by atoms with E-state index >= 15 is 0 Å². The van der Waals surface area contributed by atoms with Crippen LogP contribution in [0.25, 0.3) is 0 Å². The Balaban J connectivity index is 2.21. The van der Waals surface area contributed by atoms with Crippen molar-refractivity contribution in [2.45, 2.75) is 77.7 Å². The summed E-state index contributed by atoms with van der Waals surface area (Å²) < 4.78 is 0. The minimum Gasteiger partial charge on any atom is -0.353 e. The summed E-state index contributed by atoms with van der Waals surface area (Å²) in [5.74, 6) is 1.57. The molecule has 1 unspecified atom stereocenters. The van der Waals surface area contributed by atoms with E-state index < -0.39 is 0 Å². The predicted octanol–water partition coefficient (Wildman–Crippen LogP) is 3.23. The average Bonchev–Trinajstić information content (AvgIpc) is 2.90. The third kappa shape index (κ3) is 6.42. The quantitative estimate of drug-likeness (QED) is 0.674. The van der Waals surface area contributed by atoms with Gasteiger partial charge in [0, 0.05) is 12.5 Å². The molecule has 0 aromatic heterocycles. The number of carbonyl (C=O) groups excluding carboxylic acids is 1. The van der Waals surface area contributed by atoms with Crippen molar-refractivity contribution in [2.24, 2.45) is 17.6 Å². The Hall–Kier alpha value is -0.570. The molecular weight excluding hydrogens is 236 g/mol. The van der Waals surface area contributed by atoms with Crippen LogP contribution in [0, 0.1) is 11.8 Å². The van der Waals surface area contributed by atoms with Gasteiger partial charge in [-0.25, -0.2) is 0 Å². The van der Waals surface area contributed by atoms with E-state index in [2.05, 4.69) is 19.2 Å². The van der Waals surface area contributed by atoms with E-state index in [0.717, 1.165) is 19.4 Å². The van der Waals surface area contributed by atoms with E-state index in [0.29, 0.717) is 24.3 Å². The third-order valence-corrected chi connectivity index (χ3v) is 4.55. The normalized spacial score (nSPS) is 19.3. The number of hydrogen-bond donors (Lipinski definition) is 2. The lowest BCUT2D eigenvalue weighted by Gasteiger charge is -2.21. The number of nitrogens with two attached hydrogens (primary N) is 1. The molecule has 0 spiro atoms. The second-order valence-electron chi connectivity index (χ2n) is 6.17. The molecule has 1 amide bonds. The van der Waals surface area contributed by atoms with Gasteiger partial charge in [-0.05, 0) is 51.0 Å². The van der Waals surface area contributed by atoms with Crippen molar-refractivity contribution in [2.75, 3.05) is 6.54 Å². The van der Waals surface area contributed by atoms with E-state index in [1.165, 1.54) is 38.5 Å². The minimum atomic E-state index is 0.234.